The van der Waals surface area contributed by atoms with Gasteiger partial charge in [-0.2, -0.15) is 26.3 Å². The van der Waals surface area contributed by atoms with Crippen molar-refractivity contribution in [3.8, 4) is 0 Å². The van der Waals surface area contributed by atoms with Gasteiger partial charge in [-0.15, -0.1) is 0 Å². The number of urea groups is 1. The number of piperazine rings is 1. The zero-order valence-corrected chi connectivity index (χ0v) is 18.9. The first-order valence-electron chi connectivity index (χ1n) is 11.0. The third-order valence-corrected chi connectivity index (χ3v) is 5.82. The van der Waals surface area contributed by atoms with Crippen LogP contribution in [0.5, 0.6) is 0 Å². The summed E-state index contributed by atoms with van der Waals surface area (Å²) in [5.41, 5.74) is -0.762. The molecule has 1 aliphatic rings. The predicted octanol–water partition coefficient (Wildman–Crippen LogP) is 5.75. The molecule has 2 aromatic rings. The second-order valence-corrected chi connectivity index (χ2v) is 8.59. The van der Waals surface area contributed by atoms with Gasteiger partial charge < -0.3 is 15.5 Å². The molecule has 0 bridgehead atoms. The minimum absolute atomic E-state index is 0.0968. The van der Waals surface area contributed by atoms with E-state index in [0.29, 0.717) is 31.8 Å². The van der Waals surface area contributed by atoms with Crippen LogP contribution >= 0.6 is 0 Å². The van der Waals surface area contributed by atoms with E-state index < -0.39 is 29.5 Å². The molecule has 2 aromatic carbocycles. The maximum atomic E-state index is 13.1. The molecule has 1 saturated heterocycles. The normalized spacial score (nSPS) is 17.2. The van der Waals surface area contributed by atoms with Gasteiger partial charge in [0.1, 0.15) is 0 Å². The summed E-state index contributed by atoms with van der Waals surface area (Å²) in [6.45, 7) is 5.56. The second kappa shape index (κ2) is 10.2. The summed E-state index contributed by atoms with van der Waals surface area (Å²) < 4.78 is 78.4. The van der Waals surface area contributed by atoms with Crippen molar-refractivity contribution in [3.05, 3.63) is 70.3 Å². The van der Waals surface area contributed by atoms with Gasteiger partial charge >= 0.3 is 18.4 Å². The van der Waals surface area contributed by atoms with Gasteiger partial charge in [-0.05, 0) is 47.2 Å². The van der Waals surface area contributed by atoms with Crippen LogP contribution in [0.4, 0.5) is 31.1 Å². The number of hydrogen-bond acceptors (Lipinski definition) is 2. The first-order valence-corrected chi connectivity index (χ1v) is 11.0. The average molecular weight is 487 g/mol. The summed E-state index contributed by atoms with van der Waals surface area (Å²) in [6.07, 6.45) is -9.98. The molecule has 0 spiro atoms. The summed E-state index contributed by atoms with van der Waals surface area (Å²) in [6, 6.07) is 8.64. The highest BCUT2D eigenvalue weighted by Crippen LogP contribution is 2.36. The predicted molar refractivity (Wildman–Crippen MR) is 116 cm³/mol. The highest BCUT2D eigenvalue weighted by molar-refractivity contribution is 5.75. The number of nitrogens with zero attached hydrogens (tertiary/aromatic N) is 1. The Kier molecular flexibility index (Phi) is 7.80. The number of carbonyl (C=O) groups is 1. The van der Waals surface area contributed by atoms with Crippen molar-refractivity contribution < 1.29 is 31.1 Å². The van der Waals surface area contributed by atoms with Gasteiger partial charge in [-0.25, -0.2) is 4.79 Å². The third kappa shape index (κ3) is 6.22. The van der Waals surface area contributed by atoms with Gasteiger partial charge in [0, 0.05) is 26.2 Å². The van der Waals surface area contributed by atoms with Crippen LogP contribution in [0.3, 0.4) is 0 Å². The maximum absolute atomic E-state index is 13.1. The maximum Gasteiger partial charge on any atom is 0.416 e. The molecular formula is C24H27F6N3O. The molecule has 4 nitrogen and oxygen atoms in total. The molecule has 0 radical (unpaired) electrons. The van der Waals surface area contributed by atoms with Crippen molar-refractivity contribution in [2.75, 3.05) is 26.2 Å². The van der Waals surface area contributed by atoms with Crippen molar-refractivity contribution in [2.45, 2.75) is 44.6 Å². The van der Waals surface area contributed by atoms with E-state index in [0.717, 1.165) is 11.1 Å². The Labute approximate surface area is 194 Å². The zero-order valence-electron chi connectivity index (χ0n) is 18.9. The Morgan fingerprint density at radius 2 is 1.68 bits per heavy atom. The summed E-state index contributed by atoms with van der Waals surface area (Å²) in [5, 5.41) is 5.93. The molecule has 0 saturated carbocycles. The number of carbonyl (C=O) groups excluding carboxylic acids is 1. The van der Waals surface area contributed by atoms with Crippen molar-refractivity contribution in [3.63, 3.8) is 0 Å². The van der Waals surface area contributed by atoms with E-state index in [1.165, 1.54) is 0 Å². The fourth-order valence-corrected chi connectivity index (χ4v) is 4.14. The standard InChI is InChI=1S/C24H27F6N3O/c1-15(2)19-5-3-4-6-20(19)21-14-31-9-10-33(21)22(34)32-8-7-16-11-17(23(25,26)27)13-18(12-16)24(28,29)30/h3-6,11-13,15,21,31H,7-10,14H2,1-2H3,(H,32,34). The quantitative estimate of drug-likeness (QED) is 0.528. The number of alkyl halides is 6. The number of benzene rings is 2. The van der Waals surface area contributed by atoms with Gasteiger partial charge in [0.25, 0.3) is 0 Å². The number of hydrogen-bond donors (Lipinski definition) is 2. The summed E-state index contributed by atoms with van der Waals surface area (Å²) >= 11 is 0. The van der Waals surface area contributed by atoms with Crippen LogP contribution in [0, 0.1) is 0 Å². The second-order valence-electron chi connectivity index (χ2n) is 8.59. The minimum atomic E-state index is -4.91. The topological polar surface area (TPSA) is 44.4 Å². The molecule has 1 heterocycles. The smallest absolute Gasteiger partial charge is 0.338 e. The molecule has 0 aromatic heterocycles. The number of nitrogens with one attached hydrogen (secondary N) is 2. The number of rotatable bonds is 5. The van der Waals surface area contributed by atoms with E-state index in [1.807, 2.05) is 24.3 Å². The Bertz CT molecular complexity index is 971. The van der Waals surface area contributed by atoms with E-state index in [9.17, 15) is 31.1 Å². The minimum Gasteiger partial charge on any atom is -0.338 e. The van der Waals surface area contributed by atoms with Gasteiger partial charge in [0.15, 0.2) is 0 Å². The Morgan fingerprint density at radius 1 is 1.06 bits per heavy atom. The first-order chi connectivity index (χ1) is 15.9. The molecule has 1 atom stereocenters. The van der Waals surface area contributed by atoms with Crippen LogP contribution in [-0.2, 0) is 18.8 Å². The van der Waals surface area contributed by atoms with E-state index in [4.69, 9.17) is 0 Å². The zero-order chi connectivity index (χ0) is 25.1. The Balaban J connectivity index is 1.73. The molecule has 34 heavy (non-hydrogen) atoms. The van der Waals surface area contributed by atoms with Gasteiger partial charge in [-0.3, -0.25) is 0 Å². The lowest BCUT2D eigenvalue weighted by molar-refractivity contribution is -0.143. The highest BCUT2D eigenvalue weighted by atomic mass is 19.4. The van der Waals surface area contributed by atoms with Gasteiger partial charge in [-0.1, -0.05) is 38.1 Å². The molecule has 10 heteroatoms. The lowest BCUT2D eigenvalue weighted by atomic mass is 9.91. The average Bonchev–Trinajstić information content (AvgIpc) is 2.77. The lowest BCUT2D eigenvalue weighted by Gasteiger charge is -2.37. The van der Waals surface area contributed by atoms with E-state index in [2.05, 4.69) is 24.5 Å². The van der Waals surface area contributed by atoms with E-state index in [-0.39, 0.29) is 36.6 Å². The molecular weight excluding hydrogens is 460 g/mol. The SMILES string of the molecule is CC(C)c1ccccc1C1CNCCN1C(=O)NCCc1cc(C(F)(F)F)cc(C(F)(F)F)c1. The largest absolute Gasteiger partial charge is 0.416 e. The first kappa shape index (κ1) is 25.9. The van der Waals surface area contributed by atoms with Gasteiger partial charge in [0.2, 0.25) is 0 Å². The highest BCUT2D eigenvalue weighted by Gasteiger charge is 2.37. The summed E-state index contributed by atoms with van der Waals surface area (Å²) in [4.78, 5) is 14.6. The molecule has 1 aliphatic heterocycles. The number of amides is 2. The van der Waals surface area contributed by atoms with Gasteiger partial charge in [0.05, 0.1) is 17.2 Å². The number of halogens is 6. The fourth-order valence-electron chi connectivity index (χ4n) is 4.14. The van der Waals surface area contributed by atoms with Crippen molar-refractivity contribution in [1.82, 2.24) is 15.5 Å². The lowest BCUT2D eigenvalue weighted by Crippen LogP contribution is -2.52. The Morgan fingerprint density at radius 3 is 2.26 bits per heavy atom. The van der Waals surface area contributed by atoms with Crippen LogP contribution < -0.4 is 10.6 Å². The van der Waals surface area contributed by atoms with Crippen LogP contribution in [0.25, 0.3) is 0 Å². The summed E-state index contributed by atoms with van der Waals surface area (Å²) in [7, 11) is 0. The van der Waals surface area contributed by atoms with Crippen LogP contribution in [-0.4, -0.2) is 37.1 Å². The van der Waals surface area contributed by atoms with E-state index >= 15 is 0 Å². The monoisotopic (exact) mass is 487 g/mol. The molecule has 1 fully saturated rings. The van der Waals surface area contributed by atoms with Crippen molar-refractivity contribution in [2.24, 2.45) is 0 Å². The molecule has 3 rings (SSSR count). The van der Waals surface area contributed by atoms with Crippen LogP contribution in [0.15, 0.2) is 42.5 Å². The molecule has 2 N–H and O–H groups in total. The Hall–Kier alpha value is -2.75. The molecule has 186 valence electrons. The third-order valence-electron chi connectivity index (χ3n) is 5.82. The van der Waals surface area contributed by atoms with E-state index in [1.54, 1.807) is 4.90 Å². The van der Waals surface area contributed by atoms with Crippen molar-refractivity contribution in [1.29, 1.82) is 0 Å². The molecule has 0 aliphatic carbocycles. The van der Waals surface area contributed by atoms with Crippen LogP contribution in [0.2, 0.25) is 0 Å². The summed E-state index contributed by atoms with van der Waals surface area (Å²) in [5.74, 6) is 0.242. The van der Waals surface area contributed by atoms with Crippen LogP contribution in [0.1, 0.15) is 53.6 Å². The molecule has 2 amide bonds. The fraction of sp³-hybridized carbons (Fsp3) is 0.458. The molecule has 1 unspecified atom stereocenters. The van der Waals surface area contributed by atoms with Crippen molar-refractivity contribution >= 4 is 6.03 Å².